The minimum absolute atomic E-state index is 0.619. The maximum Gasteiger partial charge on any atom is 0.0354 e. The van der Waals surface area contributed by atoms with Crippen LogP contribution in [0.25, 0.3) is 0 Å². The Morgan fingerprint density at radius 1 is 1.16 bits per heavy atom. The van der Waals surface area contributed by atoms with Crippen LogP contribution in [-0.4, -0.2) is 24.5 Å². The Hall–Kier alpha value is -0.860. The van der Waals surface area contributed by atoms with Gasteiger partial charge in [0.25, 0.3) is 0 Å². The molecule has 2 N–H and O–H groups in total. The monoisotopic (exact) mass is 258 g/mol. The van der Waals surface area contributed by atoms with E-state index in [1.54, 1.807) is 11.1 Å². The average Bonchev–Trinajstić information content (AvgIpc) is 2.90. The number of nitrogens with two attached hydrogens (primary N) is 1. The first-order valence-corrected chi connectivity index (χ1v) is 7.81. The summed E-state index contributed by atoms with van der Waals surface area (Å²) in [7, 11) is 2.32. The lowest BCUT2D eigenvalue weighted by molar-refractivity contribution is 0.0919. The molecule has 2 aliphatic carbocycles. The third kappa shape index (κ3) is 2.44. The van der Waals surface area contributed by atoms with Crippen molar-refractivity contribution < 1.29 is 0 Å². The van der Waals surface area contributed by atoms with Crippen molar-refractivity contribution in [3.63, 3.8) is 0 Å². The van der Waals surface area contributed by atoms with E-state index >= 15 is 0 Å². The molecule has 0 aliphatic heterocycles. The molecule has 1 aromatic carbocycles. The van der Waals surface area contributed by atoms with Crippen molar-refractivity contribution in [3.8, 4) is 0 Å². The van der Waals surface area contributed by atoms with Crippen LogP contribution in [0.2, 0.25) is 0 Å². The fourth-order valence-corrected chi connectivity index (χ4v) is 4.19. The fourth-order valence-electron chi connectivity index (χ4n) is 4.19. The Bertz CT molecular complexity index is 429. The summed E-state index contributed by atoms with van der Waals surface area (Å²) >= 11 is 0. The van der Waals surface area contributed by atoms with E-state index in [4.69, 9.17) is 5.73 Å². The van der Waals surface area contributed by atoms with Crippen molar-refractivity contribution in [1.29, 1.82) is 0 Å². The first-order chi connectivity index (χ1) is 9.31. The second kappa shape index (κ2) is 5.64. The molecule has 3 atom stereocenters. The van der Waals surface area contributed by atoms with Crippen molar-refractivity contribution >= 4 is 0 Å². The Kier molecular flexibility index (Phi) is 3.90. The van der Waals surface area contributed by atoms with Crippen LogP contribution < -0.4 is 5.73 Å². The summed E-state index contributed by atoms with van der Waals surface area (Å²) in [5.41, 5.74) is 9.11. The number of hydrogen-bond acceptors (Lipinski definition) is 2. The summed E-state index contributed by atoms with van der Waals surface area (Å²) in [5.74, 6) is 0.700. The first kappa shape index (κ1) is 13.1. The van der Waals surface area contributed by atoms with E-state index in [9.17, 15) is 0 Å². The molecule has 1 saturated carbocycles. The maximum atomic E-state index is 6.00. The van der Waals surface area contributed by atoms with Crippen LogP contribution in [-0.2, 0) is 6.42 Å². The van der Waals surface area contributed by atoms with Crippen LogP contribution in [0.15, 0.2) is 24.3 Å². The highest BCUT2D eigenvalue weighted by atomic mass is 15.2. The molecule has 0 amide bonds. The molecule has 2 aliphatic rings. The number of hydrogen-bond donors (Lipinski definition) is 1. The second-order valence-corrected chi connectivity index (χ2v) is 6.27. The van der Waals surface area contributed by atoms with Crippen LogP contribution in [0.5, 0.6) is 0 Å². The summed E-state index contributed by atoms with van der Waals surface area (Å²) in [6, 6.07) is 10.3. The molecule has 0 heterocycles. The van der Waals surface area contributed by atoms with Crippen molar-refractivity contribution in [2.24, 2.45) is 11.7 Å². The van der Waals surface area contributed by atoms with E-state index in [0.29, 0.717) is 18.0 Å². The zero-order valence-electron chi connectivity index (χ0n) is 12.0. The van der Waals surface area contributed by atoms with Crippen molar-refractivity contribution in [3.05, 3.63) is 35.4 Å². The highest BCUT2D eigenvalue weighted by Crippen LogP contribution is 2.39. The molecular formula is C17H26N2. The largest absolute Gasteiger partial charge is 0.330 e. The molecule has 0 saturated heterocycles. The second-order valence-electron chi connectivity index (χ2n) is 6.27. The first-order valence-electron chi connectivity index (χ1n) is 7.81. The molecule has 0 spiro atoms. The summed E-state index contributed by atoms with van der Waals surface area (Å²) in [6.45, 7) is 0.851. The highest BCUT2D eigenvalue weighted by Gasteiger charge is 2.34. The van der Waals surface area contributed by atoms with Crippen molar-refractivity contribution in [2.45, 2.75) is 50.6 Å². The highest BCUT2D eigenvalue weighted by molar-refractivity contribution is 5.34. The van der Waals surface area contributed by atoms with E-state index in [0.717, 1.165) is 6.54 Å². The van der Waals surface area contributed by atoms with E-state index in [1.165, 1.54) is 38.5 Å². The summed E-state index contributed by atoms with van der Waals surface area (Å²) in [6.07, 6.45) is 7.92. The van der Waals surface area contributed by atoms with Crippen LogP contribution in [0.3, 0.4) is 0 Å². The van der Waals surface area contributed by atoms with Crippen LogP contribution in [0.1, 0.15) is 49.3 Å². The van der Waals surface area contributed by atoms with E-state index in [2.05, 4.69) is 36.2 Å². The predicted molar refractivity (Wildman–Crippen MR) is 80.1 cm³/mol. The molecule has 0 aromatic heterocycles. The minimum atomic E-state index is 0.619. The number of aryl methyl sites for hydroxylation is 1. The molecule has 2 heteroatoms. The number of nitrogens with zero attached hydrogens (tertiary/aromatic N) is 1. The van der Waals surface area contributed by atoms with Gasteiger partial charge in [-0.2, -0.15) is 0 Å². The molecule has 0 bridgehead atoms. The predicted octanol–water partition coefficient (Wildman–Crippen LogP) is 3.12. The van der Waals surface area contributed by atoms with Gasteiger partial charge in [-0.3, -0.25) is 4.90 Å². The standard InChI is InChI=1S/C17H26N2/c1-19(16-9-5-3-7-14(16)12-18)17-11-10-13-6-2-4-8-15(13)17/h2,4,6,8,14,16-17H,3,5,7,9-12,18H2,1H3. The zero-order chi connectivity index (χ0) is 13.2. The van der Waals surface area contributed by atoms with E-state index in [1.807, 2.05) is 0 Å². The van der Waals surface area contributed by atoms with Crippen molar-refractivity contribution in [1.82, 2.24) is 4.90 Å². The number of fused-ring (bicyclic) bond motifs is 1. The Labute approximate surface area is 117 Å². The molecule has 1 aromatic rings. The van der Waals surface area contributed by atoms with Crippen LogP contribution >= 0.6 is 0 Å². The normalized spacial score (nSPS) is 30.6. The third-order valence-electron chi connectivity index (χ3n) is 5.29. The molecule has 1 fully saturated rings. The minimum Gasteiger partial charge on any atom is -0.330 e. The summed E-state index contributed by atoms with van der Waals surface area (Å²) in [5, 5.41) is 0. The lowest BCUT2D eigenvalue weighted by atomic mass is 9.83. The Morgan fingerprint density at radius 3 is 2.79 bits per heavy atom. The van der Waals surface area contributed by atoms with E-state index < -0.39 is 0 Å². The lowest BCUT2D eigenvalue weighted by Gasteiger charge is -2.41. The van der Waals surface area contributed by atoms with Crippen LogP contribution in [0.4, 0.5) is 0 Å². The maximum absolute atomic E-state index is 6.00. The number of rotatable bonds is 3. The topological polar surface area (TPSA) is 29.3 Å². The molecule has 2 nitrogen and oxygen atoms in total. The SMILES string of the molecule is CN(C1CCc2ccccc21)C1CCCCC1CN. The Balaban J connectivity index is 1.79. The van der Waals surface area contributed by atoms with Crippen molar-refractivity contribution in [2.75, 3.05) is 13.6 Å². The molecule has 3 rings (SSSR count). The van der Waals surface area contributed by atoms with Gasteiger partial charge in [0.2, 0.25) is 0 Å². The van der Waals surface area contributed by atoms with Gasteiger partial charge >= 0.3 is 0 Å². The van der Waals surface area contributed by atoms with Gasteiger partial charge in [0.15, 0.2) is 0 Å². The van der Waals surface area contributed by atoms with Gasteiger partial charge in [0.1, 0.15) is 0 Å². The van der Waals surface area contributed by atoms with E-state index in [-0.39, 0.29) is 0 Å². The molecule has 3 unspecified atom stereocenters. The lowest BCUT2D eigenvalue weighted by Crippen LogP contribution is -2.44. The fraction of sp³-hybridized carbons (Fsp3) is 0.647. The van der Waals surface area contributed by atoms with Gasteiger partial charge in [-0.05, 0) is 56.3 Å². The van der Waals surface area contributed by atoms with Gasteiger partial charge in [-0.1, -0.05) is 37.1 Å². The van der Waals surface area contributed by atoms with Crippen LogP contribution in [0, 0.1) is 5.92 Å². The third-order valence-corrected chi connectivity index (χ3v) is 5.29. The molecular weight excluding hydrogens is 232 g/mol. The molecule has 0 radical (unpaired) electrons. The van der Waals surface area contributed by atoms with Gasteiger partial charge in [-0.15, -0.1) is 0 Å². The smallest absolute Gasteiger partial charge is 0.0354 e. The Morgan fingerprint density at radius 2 is 1.95 bits per heavy atom. The van der Waals surface area contributed by atoms with Gasteiger partial charge in [0.05, 0.1) is 0 Å². The van der Waals surface area contributed by atoms with Gasteiger partial charge < -0.3 is 5.73 Å². The molecule has 104 valence electrons. The summed E-state index contributed by atoms with van der Waals surface area (Å²) < 4.78 is 0. The average molecular weight is 258 g/mol. The number of benzene rings is 1. The van der Waals surface area contributed by atoms with Gasteiger partial charge in [0, 0.05) is 12.1 Å². The molecule has 19 heavy (non-hydrogen) atoms. The van der Waals surface area contributed by atoms with Gasteiger partial charge in [-0.25, -0.2) is 0 Å². The summed E-state index contributed by atoms with van der Waals surface area (Å²) in [4.78, 5) is 2.64. The quantitative estimate of drug-likeness (QED) is 0.902. The zero-order valence-corrected chi connectivity index (χ0v) is 12.0.